The summed E-state index contributed by atoms with van der Waals surface area (Å²) >= 11 is 0. The van der Waals surface area contributed by atoms with E-state index >= 15 is 0 Å². The highest BCUT2D eigenvalue weighted by molar-refractivity contribution is 5.95. The number of anilines is 1. The van der Waals surface area contributed by atoms with Gasteiger partial charge in [-0.2, -0.15) is 0 Å². The number of hydrogen-bond donors (Lipinski definition) is 2. The van der Waals surface area contributed by atoms with Gasteiger partial charge in [0.1, 0.15) is 11.5 Å². The summed E-state index contributed by atoms with van der Waals surface area (Å²) in [5.41, 5.74) is 1.81. The van der Waals surface area contributed by atoms with Crippen LogP contribution in [-0.2, 0) is 16.6 Å². The van der Waals surface area contributed by atoms with Crippen LogP contribution >= 0.6 is 0 Å². The Morgan fingerprint density at radius 2 is 2.06 bits per heavy atom. The second-order valence-corrected chi connectivity index (χ2v) is 8.62. The number of aromatic nitrogens is 4. The second kappa shape index (κ2) is 8.72. The number of aryl methyl sites for hydroxylation is 1. The standard InChI is InChI=1S/C23H28N6O2/c1-29-14-20(27-28-29)17-6-7-18-12-25-22(11-19(18)10-17)26-23(30)16-4-2-15(3-5-16)21-13-24-8-9-31-21/h6-7,10-12,14-16,21,24H,2-5,8-9,13H2,1H3,(H,25,26,30). The molecule has 31 heavy (non-hydrogen) atoms. The number of carbonyl (C=O) groups excluding carboxylic acids is 1. The van der Waals surface area contributed by atoms with Gasteiger partial charge in [-0.05, 0) is 49.1 Å². The number of fused-ring (bicyclic) bond motifs is 1. The van der Waals surface area contributed by atoms with E-state index in [-0.39, 0.29) is 11.8 Å². The average Bonchev–Trinajstić information content (AvgIpc) is 3.25. The van der Waals surface area contributed by atoms with Gasteiger partial charge in [0.05, 0.1) is 18.9 Å². The summed E-state index contributed by atoms with van der Waals surface area (Å²) in [5, 5.41) is 16.7. The lowest BCUT2D eigenvalue weighted by atomic mass is 9.78. The molecule has 0 radical (unpaired) electrons. The van der Waals surface area contributed by atoms with E-state index in [0.717, 1.165) is 67.4 Å². The SMILES string of the molecule is Cn1cc(-c2ccc3cnc(NC(=O)C4CCC(C5CNCCO5)CC4)cc3c2)nn1. The summed E-state index contributed by atoms with van der Waals surface area (Å²) < 4.78 is 7.59. The zero-order valence-electron chi connectivity index (χ0n) is 17.8. The molecule has 3 heterocycles. The molecular weight excluding hydrogens is 392 g/mol. The van der Waals surface area contributed by atoms with Crippen molar-refractivity contribution < 1.29 is 9.53 Å². The number of nitrogens with zero attached hydrogens (tertiary/aromatic N) is 4. The zero-order chi connectivity index (χ0) is 21.2. The first-order chi connectivity index (χ1) is 15.2. The Hall–Kier alpha value is -2.84. The Morgan fingerprint density at radius 1 is 1.19 bits per heavy atom. The van der Waals surface area contributed by atoms with Crippen molar-refractivity contribution in [1.82, 2.24) is 25.3 Å². The molecule has 2 fully saturated rings. The topological polar surface area (TPSA) is 94.0 Å². The lowest BCUT2D eigenvalue weighted by Gasteiger charge is -2.35. The fourth-order valence-electron chi connectivity index (χ4n) is 4.72. The van der Waals surface area contributed by atoms with Gasteiger partial charge in [-0.3, -0.25) is 9.48 Å². The maximum absolute atomic E-state index is 12.9. The predicted molar refractivity (Wildman–Crippen MR) is 118 cm³/mol. The molecule has 1 saturated carbocycles. The third-order valence-electron chi connectivity index (χ3n) is 6.50. The van der Waals surface area contributed by atoms with Crippen molar-refractivity contribution in [3.63, 3.8) is 0 Å². The van der Waals surface area contributed by atoms with Crippen LogP contribution in [-0.4, -0.2) is 51.7 Å². The predicted octanol–water partition coefficient (Wildman–Crippen LogP) is 2.76. The molecule has 8 heteroatoms. The van der Waals surface area contributed by atoms with Gasteiger partial charge in [0.2, 0.25) is 5.91 Å². The highest BCUT2D eigenvalue weighted by Gasteiger charge is 2.32. The van der Waals surface area contributed by atoms with E-state index in [9.17, 15) is 4.79 Å². The van der Waals surface area contributed by atoms with Crippen molar-refractivity contribution in [2.24, 2.45) is 18.9 Å². The van der Waals surface area contributed by atoms with Crippen LogP contribution < -0.4 is 10.6 Å². The molecule has 1 aliphatic carbocycles. The number of benzene rings is 1. The van der Waals surface area contributed by atoms with E-state index in [1.807, 2.05) is 31.4 Å². The Balaban J connectivity index is 1.24. The molecule has 1 aromatic carbocycles. The fourth-order valence-corrected chi connectivity index (χ4v) is 4.72. The van der Waals surface area contributed by atoms with Crippen LogP contribution in [0.4, 0.5) is 5.82 Å². The van der Waals surface area contributed by atoms with Crippen LogP contribution in [0.1, 0.15) is 25.7 Å². The molecular formula is C23H28N6O2. The number of nitrogens with one attached hydrogen (secondary N) is 2. The molecule has 162 valence electrons. The maximum atomic E-state index is 12.9. The van der Waals surface area contributed by atoms with Crippen molar-refractivity contribution in [3.05, 3.63) is 36.7 Å². The van der Waals surface area contributed by atoms with Crippen molar-refractivity contribution in [3.8, 4) is 11.3 Å². The number of amides is 1. The Labute approximate surface area is 181 Å². The highest BCUT2D eigenvalue weighted by Crippen LogP contribution is 2.33. The quantitative estimate of drug-likeness (QED) is 0.674. The fraction of sp³-hybridized carbons (Fsp3) is 0.478. The minimum Gasteiger partial charge on any atom is -0.375 e. The van der Waals surface area contributed by atoms with Gasteiger partial charge < -0.3 is 15.4 Å². The average molecular weight is 421 g/mol. The van der Waals surface area contributed by atoms with E-state index < -0.39 is 0 Å². The highest BCUT2D eigenvalue weighted by atomic mass is 16.5. The number of morpholine rings is 1. The monoisotopic (exact) mass is 420 g/mol. The number of hydrogen-bond acceptors (Lipinski definition) is 6. The molecule has 1 atom stereocenters. The second-order valence-electron chi connectivity index (χ2n) is 8.62. The largest absolute Gasteiger partial charge is 0.375 e. The van der Waals surface area contributed by atoms with Crippen LogP contribution in [0.3, 0.4) is 0 Å². The van der Waals surface area contributed by atoms with Crippen molar-refractivity contribution in [2.45, 2.75) is 31.8 Å². The number of ether oxygens (including phenoxy) is 1. The summed E-state index contributed by atoms with van der Waals surface area (Å²) in [6.45, 7) is 2.66. The first-order valence-electron chi connectivity index (χ1n) is 11.1. The number of rotatable bonds is 4. The molecule has 3 aromatic rings. The third-order valence-corrected chi connectivity index (χ3v) is 6.50. The van der Waals surface area contributed by atoms with Gasteiger partial charge in [-0.25, -0.2) is 4.98 Å². The molecule has 2 N–H and O–H groups in total. The first kappa shape index (κ1) is 20.1. The van der Waals surface area contributed by atoms with Crippen LogP contribution in [0.5, 0.6) is 0 Å². The molecule has 1 saturated heterocycles. The van der Waals surface area contributed by atoms with Crippen molar-refractivity contribution in [2.75, 3.05) is 25.0 Å². The van der Waals surface area contributed by atoms with Gasteiger partial charge in [0, 0.05) is 43.2 Å². The van der Waals surface area contributed by atoms with Crippen LogP contribution in [0.25, 0.3) is 22.0 Å². The minimum absolute atomic E-state index is 0.0382. The molecule has 2 aliphatic rings. The lowest BCUT2D eigenvalue weighted by Crippen LogP contribution is -2.44. The summed E-state index contributed by atoms with van der Waals surface area (Å²) in [6.07, 6.45) is 7.87. The number of carbonyl (C=O) groups is 1. The molecule has 1 amide bonds. The van der Waals surface area contributed by atoms with Crippen LogP contribution in [0.2, 0.25) is 0 Å². The molecule has 8 nitrogen and oxygen atoms in total. The Kier molecular flexibility index (Phi) is 5.65. The lowest BCUT2D eigenvalue weighted by molar-refractivity contribution is -0.121. The minimum atomic E-state index is 0.0382. The molecule has 2 aromatic heterocycles. The summed E-state index contributed by atoms with van der Waals surface area (Å²) in [7, 11) is 1.85. The first-order valence-corrected chi connectivity index (χ1v) is 11.1. The van der Waals surface area contributed by atoms with Crippen LogP contribution in [0, 0.1) is 11.8 Å². The van der Waals surface area contributed by atoms with Crippen LogP contribution in [0.15, 0.2) is 36.7 Å². The van der Waals surface area contributed by atoms with E-state index in [0.29, 0.717) is 17.8 Å². The van der Waals surface area contributed by atoms with Gasteiger partial charge >= 0.3 is 0 Å². The van der Waals surface area contributed by atoms with Gasteiger partial charge in [-0.1, -0.05) is 17.3 Å². The van der Waals surface area contributed by atoms with E-state index in [2.05, 4.69) is 32.0 Å². The van der Waals surface area contributed by atoms with Gasteiger partial charge in [0.25, 0.3) is 0 Å². The molecule has 5 rings (SSSR count). The summed E-state index contributed by atoms with van der Waals surface area (Å²) in [4.78, 5) is 17.3. The third kappa shape index (κ3) is 4.45. The van der Waals surface area contributed by atoms with E-state index in [1.165, 1.54) is 0 Å². The molecule has 0 bridgehead atoms. The summed E-state index contributed by atoms with van der Waals surface area (Å²) in [5.74, 6) is 1.25. The molecule has 1 aliphatic heterocycles. The smallest absolute Gasteiger partial charge is 0.228 e. The molecule has 1 unspecified atom stereocenters. The normalized spacial score (nSPS) is 24.2. The van der Waals surface area contributed by atoms with E-state index in [4.69, 9.17) is 4.74 Å². The van der Waals surface area contributed by atoms with E-state index in [1.54, 1.807) is 10.9 Å². The van der Waals surface area contributed by atoms with Gasteiger partial charge in [0.15, 0.2) is 0 Å². The molecule has 0 spiro atoms. The Morgan fingerprint density at radius 3 is 2.81 bits per heavy atom. The summed E-state index contributed by atoms with van der Waals surface area (Å²) in [6, 6.07) is 8.01. The zero-order valence-corrected chi connectivity index (χ0v) is 17.8. The number of pyridine rings is 1. The van der Waals surface area contributed by atoms with Crippen molar-refractivity contribution in [1.29, 1.82) is 0 Å². The van der Waals surface area contributed by atoms with Gasteiger partial charge in [-0.15, -0.1) is 5.10 Å². The maximum Gasteiger partial charge on any atom is 0.228 e. The Bertz CT molecular complexity index is 1070. The van der Waals surface area contributed by atoms with Crippen molar-refractivity contribution >= 4 is 22.5 Å².